The van der Waals surface area contributed by atoms with Gasteiger partial charge >= 0.3 is 11.9 Å². The van der Waals surface area contributed by atoms with Crippen LogP contribution in [0.2, 0.25) is 0 Å². The van der Waals surface area contributed by atoms with Crippen molar-refractivity contribution in [2.24, 2.45) is 0 Å². The lowest BCUT2D eigenvalue weighted by molar-refractivity contribution is -0.870. The first kappa shape index (κ1) is 47.8. The molecule has 0 amide bonds. The summed E-state index contributed by atoms with van der Waals surface area (Å²) in [6.45, 7) is 4.20. The molecule has 0 spiro atoms. The molecule has 9 nitrogen and oxygen atoms in total. The Morgan fingerprint density at radius 1 is 0.612 bits per heavy atom. The zero-order chi connectivity index (χ0) is 36.5. The summed E-state index contributed by atoms with van der Waals surface area (Å²) < 4.78 is 33.7. The molecule has 0 N–H and O–H groups in total. The molecular weight excluding hydrogens is 641 g/mol. The lowest BCUT2D eigenvalue weighted by Gasteiger charge is -2.28. The van der Waals surface area contributed by atoms with Gasteiger partial charge in [-0.2, -0.15) is 0 Å². The van der Waals surface area contributed by atoms with Gasteiger partial charge in [0.05, 0.1) is 27.7 Å². The largest absolute Gasteiger partial charge is 0.756 e. The topological polar surface area (TPSA) is 111 Å². The highest BCUT2D eigenvalue weighted by Gasteiger charge is 2.21. The normalized spacial score (nSPS) is 13.8. The van der Waals surface area contributed by atoms with Crippen molar-refractivity contribution in [1.82, 2.24) is 0 Å². The van der Waals surface area contributed by atoms with Crippen LogP contribution in [0.25, 0.3) is 0 Å². The van der Waals surface area contributed by atoms with Crippen LogP contribution in [0.15, 0.2) is 12.2 Å². The SMILES string of the molecule is CCCCCCC/C=C/CCCCCCCC(=O)OC[C@H](COP(=O)([O-])OCC[N+](C)(C)C)OC(=O)CCCCCCCCCCCCC. The zero-order valence-corrected chi connectivity index (χ0v) is 33.3. The highest BCUT2D eigenvalue weighted by atomic mass is 31.2. The van der Waals surface area contributed by atoms with Crippen LogP contribution in [-0.2, 0) is 32.7 Å². The molecule has 0 rings (SSSR count). The second-order valence-corrected chi connectivity index (χ2v) is 16.1. The second-order valence-electron chi connectivity index (χ2n) is 14.7. The van der Waals surface area contributed by atoms with Gasteiger partial charge in [0.2, 0.25) is 0 Å². The van der Waals surface area contributed by atoms with Crippen LogP contribution in [0.1, 0.15) is 174 Å². The van der Waals surface area contributed by atoms with Gasteiger partial charge in [-0.1, -0.05) is 135 Å². The van der Waals surface area contributed by atoms with Gasteiger partial charge in [0.1, 0.15) is 19.8 Å². The number of phosphoric acid groups is 1. The van der Waals surface area contributed by atoms with Gasteiger partial charge in [-0.25, -0.2) is 0 Å². The van der Waals surface area contributed by atoms with E-state index >= 15 is 0 Å². The van der Waals surface area contributed by atoms with Crippen molar-refractivity contribution in [1.29, 1.82) is 0 Å². The average Bonchev–Trinajstić information content (AvgIpc) is 3.04. The number of carbonyl (C=O) groups excluding carboxylic acids is 2. The van der Waals surface area contributed by atoms with E-state index in [-0.39, 0.29) is 26.1 Å². The van der Waals surface area contributed by atoms with Crippen molar-refractivity contribution in [2.45, 2.75) is 180 Å². The van der Waals surface area contributed by atoms with Crippen molar-refractivity contribution in [3.05, 3.63) is 12.2 Å². The summed E-state index contributed by atoms with van der Waals surface area (Å²) in [4.78, 5) is 37.3. The van der Waals surface area contributed by atoms with Crippen LogP contribution in [-0.4, -0.2) is 70.0 Å². The van der Waals surface area contributed by atoms with Crippen molar-refractivity contribution >= 4 is 19.8 Å². The van der Waals surface area contributed by atoms with Crippen molar-refractivity contribution in [3.63, 3.8) is 0 Å². The lowest BCUT2D eigenvalue weighted by atomic mass is 10.1. The first-order valence-corrected chi connectivity index (χ1v) is 21.4. The molecule has 10 heteroatoms. The summed E-state index contributed by atoms with van der Waals surface area (Å²) >= 11 is 0. The predicted molar refractivity (Wildman–Crippen MR) is 199 cm³/mol. The van der Waals surface area contributed by atoms with Crippen molar-refractivity contribution in [3.8, 4) is 0 Å². The Morgan fingerprint density at radius 2 is 1.04 bits per heavy atom. The van der Waals surface area contributed by atoms with Crippen LogP contribution in [0, 0.1) is 0 Å². The third kappa shape index (κ3) is 36.3. The molecule has 1 unspecified atom stereocenters. The van der Waals surface area contributed by atoms with E-state index in [0.29, 0.717) is 17.4 Å². The molecule has 49 heavy (non-hydrogen) atoms. The quantitative estimate of drug-likeness (QED) is 0.0207. The highest BCUT2D eigenvalue weighted by Crippen LogP contribution is 2.38. The van der Waals surface area contributed by atoms with E-state index in [1.807, 2.05) is 21.1 Å². The number of likely N-dealkylation sites (N-methyl/N-ethyl adjacent to an activating group) is 1. The summed E-state index contributed by atoms with van der Waals surface area (Å²) in [5.74, 6) is -0.841. The molecule has 0 saturated carbocycles. The standard InChI is InChI=1S/C39H76NO8P/c1-6-8-10-12-14-16-18-19-20-22-23-25-27-29-31-38(41)45-35-37(36-47-49(43,44)46-34-33-40(3,4)5)48-39(42)32-30-28-26-24-21-17-15-13-11-9-7-2/h18-19,37H,6-17,20-36H2,1-5H3/b19-18+/t37-/m1/s1. The molecule has 0 aromatic rings. The summed E-state index contributed by atoms with van der Waals surface area (Å²) in [6, 6.07) is 0. The predicted octanol–water partition coefficient (Wildman–Crippen LogP) is 10.00. The summed E-state index contributed by atoms with van der Waals surface area (Å²) in [6.07, 6.45) is 30.9. The molecule has 290 valence electrons. The number of allylic oxidation sites excluding steroid dienone is 2. The molecule has 0 radical (unpaired) electrons. The van der Waals surface area contributed by atoms with Gasteiger partial charge in [-0.15, -0.1) is 0 Å². The van der Waals surface area contributed by atoms with E-state index in [9.17, 15) is 19.0 Å². The molecular formula is C39H76NO8P. The van der Waals surface area contributed by atoms with Crippen LogP contribution >= 0.6 is 7.82 Å². The number of ether oxygens (including phenoxy) is 2. The summed E-state index contributed by atoms with van der Waals surface area (Å²) in [7, 11) is 1.17. The molecule has 0 aromatic carbocycles. The van der Waals surface area contributed by atoms with E-state index in [0.717, 1.165) is 51.4 Å². The summed E-state index contributed by atoms with van der Waals surface area (Å²) in [5, 5.41) is 0. The smallest absolute Gasteiger partial charge is 0.306 e. The second kappa shape index (κ2) is 32.6. The maximum absolute atomic E-state index is 12.6. The first-order valence-electron chi connectivity index (χ1n) is 19.9. The number of nitrogens with zero attached hydrogens (tertiary/aromatic N) is 1. The van der Waals surface area contributed by atoms with Gasteiger partial charge in [0.15, 0.2) is 6.10 Å². The van der Waals surface area contributed by atoms with Gasteiger partial charge in [0, 0.05) is 12.8 Å². The molecule has 0 heterocycles. The minimum Gasteiger partial charge on any atom is -0.756 e. The maximum Gasteiger partial charge on any atom is 0.306 e. The molecule has 2 atom stereocenters. The Bertz CT molecular complexity index is 860. The zero-order valence-electron chi connectivity index (χ0n) is 32.4. The monoisotopic (exact) mass is 718 g/mol. The fourth-order valence-corrected chi connectivity index (χ4v) is 6.08. The van der Waals surface area contributed by atoms with E-state index < -0.39 is 32.5 Å². The fraction of sp³-hybridized carbons (Fsp3) is 0.897. The third-order valence-corrected chi connectivity index (χ3v) is 9.50. The minimum absolute atomic E-state index is 0.0293. The molecule has 0 aromatic heterocycles. The van der Waals surface area contributed by atoms with Gasteiger partial charge in [-0.05, 0) is 38.5 Å². The Balaban J connectivity index is 4.41. The van der Waals surface area contributed by atoms with E-state index in [1.165, 1.54) is 89.9 Å². The van der Waals surface area contributed by atoms with Gasteiger partial charge in [-0.3, -0.25) is 14.2 Å². The number of carbonyl (C=O) groups is 2. The Morgan fingerprint density at radius 3 is 1.51 bits per heavy atom. The van der Waals surface area contributed by atoms with Gasteiger partial charge in [0.25, 0.3) is 7.82 Å². The van der Waals surface area contributed by atoms with Crippen LogP contribution < -0.4 is 4.89 Å². The van der Waals surface area contributed by atoms with E-state index in [1.54, 1.807) is 0 Å². The molecule has 0 aliphatic heterocycles. The van der Waals surface area contributed by atoms with Gasteiger partial charge < -0.3 is 27.9 Å². The summed E-state index contributed by atoms with van der Waals surface area (Å²) in [5.41, 5.74) is 0. The Hall–Kier alpha value is -1.25. The molecule has 0 aliphatic carbocycles. The molecule has 0 saturated heterocycles. The van der Waals surface area contributed by atoms with Crippen LogP contribution in [0.3, 0.4) is 0 Å². The highest BCUT2D eigenvalue weighted by molar-refractivity contribution is 7.45. The van der Waals surface area contributed by atoms with Crippen molar-refractivity contribution in [2.75, 3.05) is 47.5 Å². The van der Waals surface area contributed by atoms with Crippen LogP contribution in [0.5, 0.6) is 0 Å². The number of quaternary nitrogens is 1. The Kier molecular flexibility index (Phi) is 31.8. The molecule has 0 aliphatic rings. The molecule has 0 fully saturated rings. The number of phosphoric ester groups is 1. The molecule has 0 bridgehead atoms. The average molecular weight is 718 g/mol. The number of rotatable bonds is 36. The number of hydrogen-bond acceptors (Lipinski definition) is 8. The minimum atomic E-state index is -4.61. The third-order valence-electron chi connectivity index (χ3n) is 8.54. The van der Waals surface area contributed by atoms with Crippen molar-refractivity contribution < 1.29 is 42.1 Å². The fourth-order valence-electron chi connectivity index (χ4n) is 5.35. The first-order chi connectivity index (χ1) is 23.5. The van der Waals surface area contributed by atoms with E-state index in [2.05, 4.69) is 26.0 Å². The number of unbranched alkanes of at least 4 members (excludes halogenated alkanes) is 20. The lowest BCUT2D eigenvalue weighted by Crippen LogP contribution is -2.37. The Labute approximate surface area is 301 Å². The number of esters is 2. The van der Waals surface area contributed by atoms with E-state index in [4.69, 9.17) is 18.5 Å². The number of hydrogen-bond donors (Lipinski definition) is 0. The van der Waals surface area contributed by atoms with Crippen LogP contribution in [0.4, 0.5) is 0 Å². The maximum atomic E-state index is 12.6.